The number of likely N-dealkylation sites (tertiary alicyclic amines) is 1. The molecule has 0 spiro atoms. The molecular formula is C23H25N3O3S. The monoisotopic (exact) mass is 423 g/mol. The molecule has 0 bridgehead atoms. The van der Waals surface area contributed by atoms with Gasteiger partial charge in [0.05, 0.1) is 28.3 Å². The quantitative estimate of drug-likeness (QED) is 0.681. The van der Waals surface area contributed by atoms with Crippen LogP contribution in [-0.2, 0) is 4.79 Å². The number of fused-ring (bicyclic) bond motifs is 2. The smallest absolute Gasteiger partial charge is 0.234 e. The summed E-state index contributed by atoms with van der Waals surface area (Å²) < 4.78 is 12.9. The average Bonchev–Trinajstić information content (AvgIpc) is 3.22. The van der Waals surface area contributed by atoms with Crippen LogP contribution in [0.2, 0.25) is 0 Å². The Hall–Kier alpha value is -2.64. The summed E-state index contributed by atoms with van der Waals surface area (Å²) in [6.07, 6.45) is 1.93. The lowest BCUT2D eigenvalue weighted by atomic mass is 9.97. The molecular weight excluding hydrogens is 398 g/mol. The molecule has 0 radical (unpaired) electrons. The Morgan fingerprint density at radius 1 is 1.10 bits per heavy atom. The molecule has 0 aliphatic carbocycles. The maximum absolute atomic E-state index is 12.4. The van der Waals surface area contributed by atoms with Gasteiger partial charge in [0.2, 0.25) is 5.91 Å². The van der Waals surface area contributed by atoms with E-state index in [9.17, 15) is 4.79 Å². The molecule has 1 saturated heterocycles. The zero-order valence-corrected chi connectivity index (χ0v) is 17.6. The van der Waals surface area contributed by atoms with E-state index < -0.39 is 0 Å². The number of amides is 1. The fraction of sp³-hybridized carbons (Fsp3) is 0.391. The van der Waals surface area contributed by atoms with E-state index in [0.29, 0.717) is 25.6 Å². The van der Waals surface area contributed by atoms with Gasteiger partial charge in [0.25, 0.3) is 0 Å². The van der Waals surface area contributed by atoms with Crippen molar-refractivity contribution < 1.29 is 14.3 Å². The molecule has 3 heterocycles. The minimum atomic E-state index is -0.159. The van der Waals surface area contributed by atoms with Crippen LogP contribution < -0.4 is 14.8 Å². The van der Waals surface area contributed by atoms with E-state index in [2.05, 4.69) is 28.4 Å². The normalized spacial score (nSPS) is 19.7. The van der Waals surface area contributed by atoms with Gasteiger partial charge in [-0.15, -0.1) is 11.3 Å². The Bertz CT molecular complexity index is 996. The third-order valence-corrected chi connectivity index (χ3v) is 6.91. The molecule has 2 aromatic carbocycles. The lowest BCUT2D eigenvalue weighted by Crippen LogP contribution is -2.45. The van der Waals surface area contributed by atoms with Crippen molar-refractivity contribution in [2.24, 2.45) is 0 Å². The number of thiazole rings is 1. The number of para-hydroxylation sites is 3. The Morgan fingerprint density at radius 3 is 2.70 bits per heavy atom. The second-order valence-electron chi connectivity index (χ2n) is 7.87. The van der Waals surface area contributed by atoms with E-state index in [1.807, 2.05) is 30.3 Å². The van der Waals surface area contributed by atoms with E-state index in [0.717, 1.165) is 42.9 Å². The van der Waals surface area contributed by atoms with Crippen LogP contribution in [0.5, 0.6) is 11.5 Å². The van der Waals surface area contributed by atoms with E-state index in [1.165, 1.54) is 9.71 Å². The molecule has 1 fully saturated rings. The number of benzene rings is 2. The summed E-state index contributed by atoms with van der Waals surface area (Å²) in [6.45, 7) is 3.17. The molecule has 156 valence electrons. The largest absolute Gasteiger partial charge is 0.486 e. The summed E-state index contributed by atoms with van der Waals surface area (Å²) >= 11 is 1.80. The number of ether oxygens (including phenoxy) is 2. The molecule has 2 aliphatic heterocycles. The molecule has 0 unspecified atom stereocenters. The van der Waals surface area contributed by atoms with Gasteiger partial charge in [0.1, 0.15) is 12.7 Å². The van der Waals surface area contributed by atoms with Crippen molar-refractivity contribution in [3.05, 3.63) is 53.5 Å². The fourth-order valence-corrected chi connectivity index (χ4v) is 5.19. The number of nitrogens with one attached hydrogen (secondary N) is 1. The predicted octanol–water partition coefficient (Wildman–Crippen LogP) is 3.43. The zero-order chi connectivity index (χ0) is 20.3. The Labute approximate surface area is 179 Å². The van der Waals surface area contributed by atoms with E-state index in [-0.39, 0.29) is 12.0 Å². The van der Waals surface area contributed by atoms with Gasteiger partial charge in [-0.3, -0.25) is 9.69 Å². The molecule has 1 aromatic heterocycles. The lowest BCUT2D eigenvalue weighted by Gasteiger charge is -2.31. The number of rotatable bonds is 5. The van der Waals surface area contributed by atoms with Crippen LogP contribution in [0.15, 0.2) is 48.5 Å². The molecule has 1 amide bonds. The van der Waals surface area contributed by atoms with Gasteiger partial charge in [0, 0.05) is 5.92 Å². The minimum absolute atomic E-state index is 0.0379. The molecule has 0 saturated carbocycles. The van der Waals surface area contributed by atoms with Gasteiger partial charge in [0.15, 0.2) is 11.5 Å². The van der Waals surface area contributed by atoms with Crippen LogP contribution in [0.25, 0.3) is 10.2 Å². The number of carbonyl (C=O) groups excluding carboxylic acids is 1. The maximum Gasteiger partial charge on any atom is 0.234 e. The van der Waals surface area contributed by atoms with Crippen molar-refractivity contribution in [3.8, 4) is 11.5 Å². The van der Waals surface area contributed by atoms with E-state index >= 15 is 0 Å². The Morgan fingerprint density at radius 2 is 1.87 bits per heavy atom. The topological polar surface area (TPSA) is 63.7 Å². The second kappa shape index (κ2) is 8.62. The van der Waals surface area contributed by atoms with Gasteiger partial charge < -0.3 is 14.8 Å². The van der Waals surface area contributed by atoms with Crippen LogP contribution in [0.3, 0.4) is 0 Å². The van der Waals surface area contributed by atoms with Crippen LogP contribution in [-0.4, -0.2) is 54.7 Å². The standard InChI is InChI=1S/C23H25N3O3S/c27-22(24-13-17-15-28-19-6-2-3-7-20(19)29-17)14-26-11-9-16(10-12-26)23-25-18-5-1-4-8-21(18)30-23/h1-8,16-17H,9-15H2,(H,24,27)/t17-/m0/s1. The van der Waals surface area contributed by atoms with Crippen LogP contribution in [0.4, 0.5) is 0 Å². The number of piperidine rings is 1. The summed E-state index contributed by atoms with van der Waals surface area (Å²) in [7, 11) is 0. The molecule has 5 rings (SSSR count). The number of aromatic nitrogens is 1. The number of nitrogens with zero attached hydrogens (tertiary/aromatic N) is 2. The van der Waals surface area contributed by atoms with Crippen molar-refractivity contribution in [2.75, 3.05) is 32.8 Å². The molecule has 7 heteroatoms. The van der Waals surface area contributed by atoms with Crippen LogP contribution in [0.1, 0.15) is 23.8 Å². The first-order valence-corrected chi connectivity index (χ1v) is 11.3. The summed E-state index contributed by atoms with van der Waals surface area (Å²) in [5.74, 6) is 2.03. The first kappa shape index (κ1) is 19.3. The Balaban J connectivity index is 1.07. The third-order valence-electron chi connectivity index (χ3n) is 5.71. The summed E-state index contributed by atoms with van der Waals surface area (Å²) in [5.41, 5.74) is 1.09. The van der Waals surface area contributed by atoms with Gasteiger partial charge in [-0.25, -0.2) is 4.98 Å². The van der Waals surface area contributed by atoms with Gasteiger partial charge in [-0.2, -0.15) is 0 Å². The molecule has 1 atom stereocenters. The maximum atomic E-state index is 12.4. The summed E-state index contributed by atoms with van der Waals surface area (Å²) in [6, 6.07) is 15.9. The first-order chi connectivity index (χ1) is 14.7. The number of carbonyl (C=O) groups is 1. The van der Waals surface area contributed by atoms with Gasteiger partial charge in [-0.1, -0.05) is 24.3 Å². The van der Waals surface area contributed by atoms with E-state index in [4.69, 9.17) is 14.5 Å². The number of hydrogen-bond acceptors (Lipinski definition) is 6. The molecule has 1 N–H and O–H groups in total. The highest BCUT2D eigenvalue weighted by Crippen LogP contribution is 2.34. The molecule has 3 aromatic rings. The summed E-state index contributed by atoms with van der Waals surface area (Å²) in [4.78, 5) is 19.5. The first-order valence-electron chi connectivity index (χ1n) is 10.5. The number of hydrogen-bond donors (Lipinski definition) is 1. The van der Waals surface area contributed by atoms with Crippen molar-refractivity contribution in [1.29, 1.82) is 0 Å². The average molecular weight is 424 g/mol. The molecule has 2 aliphatic rings. The highest BCUT2D eigenvalue weighted by Gasteiger charge is 2.25. The SMILES string of the molecule is O=C(CN1CCC(c2nc3ccccc3s2)CC1)NC[C@H]1COc2ccccc2O1. The van der Waals surface area contributed by atoms with Crippen LogP contribution >= 0.6 is 11.3 Å². The zero-order valence-electron chi connectivity index (χ0n) is 16.8. The van der Waals surface area contributed by atoms with Crippen LogP contribution in [0, 0.1) is 0 Å². The minimum Gasteiger partial charge on any atom is -0.486 e. The van der Waals surface area contributed by atoms with E-state index in [1.54, 1.807) is 11.3 Å². The highest BCUT2D eigenvalue weighted by molar-refractivity contribution is 7.18. The summed E-state index contributed by atoms with van der Waals surface area (Å²) in [5, 5.41) is 4.23. The predicted molar refractivity (Wildman–Crippen MR) is 117 cm³/mol. The highest BCUT2D eigenvalue weighted by atomic mass is 32.1. The van der Waals surface area contributed by atoms with Crippen molar-refractivity contribution in [3.63, 3.8) is 0 Å². The third kappa shape index (κ3) is 4.27. The second-order valence-corrected chi connectivity index (χ2v) is 8.93. The van der Waals surface area contributed by atoms with Crippen molar-refractivity contribution in [1.82, 2.24) is 15.2 Å². The molecule has 30 heavy (non-hydrogen) atoms. The van der Waals surface area contributed by atoms with Crippen molar-refractivity contribution >= 4 is 27.5 Å². The fourth-order valence-electron chi connectivity index (χ4n) is 4.05. The molecule has 6 nitrogen and oxygen atoms in total. The van der Waals surface area contributed by atoms with Gasteiger partial charge in [-0.05, 0) is 50.2 Å². The van der Waals surface area contributed by atoms with Gasteiger partial charge >= 0.3 is 0 Å². The Kier molecular flexibility index (Phi) is 5.55. The lowest BCUT2D eigenvalue weighted by molar-refractivity contribution is -0.123. The van der Waals surface area contributed by atoms with Crippen molar-refractivity contribution in [2.45, 2.75) is 24.9 Å².